The van der Waals surface area contributed by atoms with Gasteiger partial charge >= 0.3 is 9.15 Å². The quantitative estimate of drug-likeness (QED) is 0.254. The molecule has 0 saturated carbocycles. The fourth-order valence-electron chi connectivity index (χ4n) is 2.81. The first-order chi connectivity index (χ1) is 13.3. The van der Waals surface area contributed by atoms with E-state index in [1.165, 1.54) is 5.69 Å². The third-order valence-electron chi connectivity index (χ3n) is 4.36. The minimum atomic E-state index is -3.90. The van der Waals surface area contributed by atoms with Crippen LogP contribution in [0.4, 0.5) is 5.69 Å². The van der Waals surface area contributed by atoms with Gasteiger partial charge in [0.25, 0.3) is 0 Å². The van der Waals surface area contributed by atoms with E-state index in [9.17, 15) is 8.42 Å². The van der Waals surface area contributed by atoms with E-state index in [0.29, 0.717) is 16.5 Å². The van der Waals surface area contributed by atoms with Crippen molar-refractivity contribution in [2.24, 2.45) is 0 Å². The molecular weight excluding hydrogens is 392 g/mol. The van der Waals surface area contributed by atoms with E-state index in [0.717, 1.165) is 43.5 Å². The maximum Gasteiger partial charge on any atom is 0.319 e. The Balaban J connectivity index is 1.83. The number of rotatable bonds is 11. The lowest BCUT2D eigenvalue weighted by Crippen LogP contribution is -2.36. The van der Waals surface area contributed by atoms with E-state index in [2.05, 4.69) is 58.1 Å². The van der Waals surface area contributed by atoms with Gasteiger partial charge in [-0.15, -0.1) is 0 Å². The molecule has 0 fully saturated rings. The van der Waals surface area contributed by atoms with E-state index in [1.807, 2.05) is 26.2 Å². The number of hydrogen-bond acceptors (Lipinski definition) is 4. The van der Waals surface area contributed by atoms with E-state index in [-0.39, 0.29) is 0 Å². The lowest BCUT2D eigenvalue weighted by atomic mass is 10.1. The van der Waals surface area contributed by atoms with Crippen molar-refractivity contribution in [3.63, 3.8) is 0 Å². The third-order valence-corrected chi connectivity index (χ3v) is 6.50. The summed E-state index contributed by atoms with van der Waals surface area (Å²) < 4.78 is 32.2. The Morgan fingerprint density at radius 2 is 1.71 bits per heavy atom. The topological polar surface area (TPSA) is 61.5 Å². The number of benzene rings is 1. The predicted octanol–water partition coefficient (Wildman–Crippen LogP) is 4.31. The molecule has 5 nitrogen and oxygen atoms in total. The van der Waals surface area contributed by atoms with Crippen LogP contribution in [0.15, 0.2) is 48.7 Å². The average Bonchev–Trinajstić information content (AvgIpc) is 2.66. The number of aromatic nitrogens is 1. The first-order valence-electron chi connectivity index (χ1n) is 9.41. The van der Waals surface area contributed by atoms with Crippen molar-refractivity contribution in [3.8, 4) is 0 Å². The molecule has 2 rings (SSSR count). The van der Waals surface area contributed by atoms with Crippen LogP contribution in [0.3, 0.4) is 0 Å². The van der Waals surface area contributed by atoms with Crippen LogP contribution in [-0.4, -0.2) is 32.8 Å². The van der Waals surface area contributed by atoms with Gasteiger partial charge in [0.1, 0.15) is 6.54 Å². The monoisotopic (exact) mass is 421 g/mol. The molecule has 2 aromatic rings. The first-order valence-corrected chi connectivity index (χ1v) is 12.4. The number of nitrogens with zero attached hydrogens (tertiary/aromatic N) is 2. The Kier molecular flexibility index (Phi) is 9.02. The third kappa shape index (κ3) is 8.46. The Labute approximate surface area is 172 Å². The zero-order chi connectivity index (χ0) is 20.4. The van der Waals surface area contributed by atoms with Crippen molar-refractivity contribution in [2.75, 3.05) is 24.7 Å². The van der Waals surface area contributed by atoms with Crippen molar-refractivity contribution in [3.05, 3.63) is 59.9 Å². The highest BCUT2D eigenvalue weighted by Gasteiger charge is 2.07. The Morgan fingerprint density at radius 3 is 2.39 bits per heavy atom. The summed E-state index contributed by atoms with van der Waals surface area (Å²) >= 11 is 0. The normalized spacial score (nSPS) is 11.8. The molecule has 1 heterocycles. The van der Waals surface area contributed by atoms with Gasteiger partial charge in [-0.1, -0.05) is 18.6 Å². The van der Waals surface area contributed by atoms with E-state index < -0.39 is 9.15 Å². The lowest BCUT2D eigenvalue weighted by molar-refractivity contribution is -0.699. The molecule has 7 heteroatoms. The molecule has 0 radical (unpaired) electrons. The molecule has 0 aliphatic carbocycles. The fraction of sp³-hybridized carbons (Fsp3) is 0.381. The van der Waals surface area contributed by atoms with Gasteiger partial charge in [-0.05, 0) is 53.5 Å². The van der Waals surface area contributed by atoms with Crippen molar-refractivity contribution in [1.82, 2.24) is 0 Å². The van der Waals surface area contributed by atoms with Crippen LogP contribution in [-0.2, 0) is 15.7 Å². The number of anilines is 1. The summed E-state index contributed by atoms with van der Waals surface area (Å²) in [6.07, 6.45) is 10.2. The van der Waals surface area contributed by atoms with E-state index in [1.54, 1.807) is 0 Å². The highest BCUT2D eigenvalue weighted by atomic mass is 33.1. The van der Waals surface area contributed by atoms with Crippen molar-refractivity contribution in [1.29, 1.82) is 0 Å². The van der Waals surface area contributed by atoms with Gasteiger partial charge in [-0.2, -0.15) is 13.0 Å². The Hall–Kier alpha value is -1.83. The van der Waals surface area contributed by atoms with Gasteiger partial charge in [-0.25, -0.2) is 0 Å². The van der Waals surface area contributed by atoms with Crippen molar-refractivity contribution in [2.45, 2.75) is 32.2 Å². The Bertz CT molecular complexity index is 863. The molecule has 0 unspecified atom stereocenters. The van der Waals surface area contributed by atoms with Crippen molar-refractivity contribution >= 4 is 37.8 Å². The van der Waals surface area contributed by atoms with Crippen LogP contribution in [0.5, 0.6) is 0 Å². The zero-order valence-corrected chi connectivity index (χ0v) is 18.1. The lowest BCUT2D eigenvalue weighted by Gasteiger charge is -2.11. The molecule has 0 aliphatic rings. The van der Waals surface area contributed by atoms with Gasteiger partial charge < -0.3 is 4.90 Å². The second-order valence-corrected chi connectivity index (χ2v) is 10.3. The van der Waals surface area contributed by atoms with Crippen LogP contribution in [0, 0.1) is 0 Å². The standard InChI is InChI=1S/C21H28N2O3S2/c1-22(2)20-13-10-19(11-14-20)12-15-21-9-5-7-17-23(21)16-6-3-4-8-18-27-28(24,25)26/h5,7,9-15,17H,3-4,6,8,16,18H2,1-2H3/p+1. The molecule has 0 saturated heterocycles. The van der Waals surface area contributed by atoms with Gasteiger partial charge in [0.05, 0.1) is 0 Å². The van der Waals surface area contributed by atoms with Gasteiger partial charge in [0, 0.05) is 50.2 Å². The average molecular weight is 422 g/mol. The molecule has 0 spiro atoms. The SMILES string of the molecule is CN(C)c1ccc(/C=C/c2cccc[n+]2CCCCCCSS(=O)(=O)O)cc1. The smallest absolute Gasteiger partial charge is 0.319 e. The highest BCUT2D eigenvalue weighted by Crippen LogP contribution is 2.15. The highest BCUT2D eigenvalue weighted by molar-refractivity contribution is 8.69. The number of aryl methyl sites for hydroxylation is 1. The van der Waals surface area contributed by atoms with Crippen LogP contribution in [0.1, 0.15) is 36.9 Å². The number of hydrogen-bond donors (Lipinski definition) is 1. The molecule has 0 atom stereocenters. The van der Waals surface area contributed by atoms with Crippen molar-refractivity contribution < 1.29 is 17.5 Å². The summed E-state index contributed by atoms with van der Waals surface area (Å²) in [4.78, 5) is 2.08. The maximum absolute atomic E-state index is 10.7. The summed E-state index contributed by atoms with van der Waals surface area (Å²) in [5.74, 6) is 0.442. The minimum Gasteiger partial charge on any atom is -0.378 e. The second kappa shape index (κ2) is 11.2. The predicted molar refractivity (Wildman–Crippen MR) is 119 cm³/mol. The molecule has 0 aliphatic heterocycles. The van der Waals surface area contributed by atoms with E-state index in [4.69, 9.17) is 4.55 Å². The summed E-state index contributed by atoms with van der Waals surface area (Å²) in [5, 5.41) is 0. The summed E-state index contributed by atoms with van der Waals surface area (Å²) in [7, 11) is 0.775. The van der Waals surface area contributed by atoms with Gasteiger partial charge in [0.15, 0.2) is 6.20 Å². The minimum absolute atomic E-state index is 0.442. The summed E-state index contributed by atoms with van der Waals surface area (Å²) in [6.45, 7) is 0.922. The van der Waals surface area contributed by atoms with Crippen LogP contribution in [0.25, 0.3) is 12.2 Å². The Morgan fingerprint density at radius 1 is 1.00 bits per heavy atom. The largest absolute Gasteiger partial charge is 0.378 e. The summed E-state index contributed by atoms with van der Waals surface area (Å²) in [5.41, 5.74) is 3.50. The number of pyridine rings is 1. The molecule has 1 aromatic heterocycles. The molecular formula is C21H29N2O3S2+. The second-order valence-electron chi connectivity index (χ2n) is 6.80. The molecule has 0 amide bonds. The fourth-order valence-corrected chi connectivity index (χ4v) is 4.33. The van der Waals surface area contributed by atoms with Gasteiger partial charge in [-0.3, -0.25) is 4.55 Å². The van der Waals surface area contributed by atoms with Gasteiger partial charge in [0.2, 0.25) is 5.69 Å². The first kappa shape index (κ1) is 22.5. The molecule has 0 bridgehead atoms. The van der Waals surface area contributed by atoms with E-state index >= 15 is 0 Å². The summed E-state index contributed by atoms with van der Waals surface area (Å²) in [6, 6.07) is 14.6. The molecule has 1 N–H and O–H groups in total. The zero-order valence-electron chi connectivity index (χ0n) is 16.5. The van der Waals surface area contributed by atoms with Crippen LogP contribution < -0.4 is 9.47 Å². The molecule has 152 valence electrons. The van der Waals surface area contributed by atoms with Crippen LogP contribution in [0.2, 0.25) is 0 Å². The maximum atomic E-state index is 10.7. The number of unbranched alkanes of at least 4 members (excludes halogenated alkanes) is 3. The molecule has 1 aromatic carbocycles. The van der Waals surface area contributed by atoms with Crippen LogP contribution >= 0.6 is 10.8 Å². The molecule has 28 heavy (non-hydrogen) atoms.